The number of anilines is 1. The van der Waals surface area contributed by atoms with E-state index >= 15 is 0 Å². The van der Waals surface area contributed by atoms with Gasteiger partial charge in [-0.05, 0) is 24.3 Å². The van der Waals surface area contributed by atoms with Crippen molar-refractivity contribution in [2.75, 3.05) is 39.7 Å². The topological polar surface area (TPSA) is 99.0 Å². The molecular formula is C21H24N4O5S. The summed E-state index contributed by atoms with van der Waals surface area (Å²) in [5.41, 5.74) is 1.47. The number of amides is 2. The molecule has 0 spiro atoms. The van der Waals surface area contributed by atoms with Crippen LogP contribution in [0, 0.1) is 0 Å². The Balaban J connectivity index is 1.46. The molecule has 9 nitrogen and oxygen atoms in total. The number of ether oxygens (including phenoxy) is 3. The summed E-state index contributed by atoms with van der Waals surface area (Å²) in [5.74, 6) is 2.49. The first-order valence-electron chi connectivity index (χ1n) is 9.84. The normalized spacial score (nSPS) is 16.1. The highest BCUT2D eigenvalue weighted by molar-refractivity contribution is 7.08. The number of likely N-dealkylation sites (tertiary alicyclic amines) is 1. The molecule has 2 amide bonds. The molecule has 31 heavy (non-hydrogen) atoms. The number of hydrogen-bond donors (Lipinski definition) is 1. The lowest BCUT2D eigenvalue weighted by Gasteiger charge is -2.31. The van der Waals surface area contributed by atoms with E-state index in [1.165, 1.54) is 21.3 Å². The summed E-state index contributed by atoms with van der Waals surface area (Å²) in [6, 6.07) is 5.13. The maximum atomic E-state index is 12.9. The Morgan fingerprint density at radius 2 is 1.97 bits per heavy atom. The van der Waals surface area contributed by atoms with Crippen molar-refractivity contribution in [3.8, 4) is 28.7 Å². The minimum absolute atomic E-state index is 0.000625. The van der Waals surface area contributed by atoms with Gasteiger partial charge in [-0.1, -0.05) is 0 Å². The van der Waals surface area contributed by atoms with E-state index in [4.69, 9.17) is 18.6 Å². The molecule has 0 radical (unpaired) electrons. The highest BCUT2D eigenvalue weighted by Crippen LogP contribution is 2.40. The highest BCUT2D eigenvalue weighted by Gasteiger charge is 2.29. The van der Waals surface area contributed by atoms with Gasteiger partial charge in [-0.2, -0.15) is 11.3 Å². The number of hydrogen-bond acceptors (Lipinski definition) is 8. The van der Waals surface area contributed by atoms with Crippen LogP contribution in [0.4, 0.5) is 10.5 Å². The number of aromatic nitrogens is 2. The van der Waals surface area contributed by atoms with E-state index in [1.807, 2.05) is 16.8 Å². The molecule has 4 rings (SSSR count). The number of piperidine rings is 1. The van der Waals surface area contributed by atoms with Gasteiger partial charge in [-0.25, -0.2) is 4.79 Å². The largest absolute Gasteiger partial charge is 0.493 e. The third-order valence-electron chi connectivity index (χ3n) is 5.18. The van der Waals surface area contributed by atoms with Crippen molar-refractivity contribution in [2.24, 2.45) is 0 Å². The van der Waals surface area contributed by atoms with Gasteiger partial charge in [0, 0.05) is 36.2 Å². The molecule has 0 aliphatic carbocycles. The van der Waals surface area contributed by atoms with E-state index in [-0.39, 0.29) is 11.9 Å². The minimum atomic E-state index is -0.212. The Morgan fingerprint density at radius 3 is 2.61 bits per heavy atom. The first-order valence-corrected chi connectivity index (χ1v) is 10.8. The Hall–Kier alpha value is -3.27. The molecule has 1 aliphatic heterocycles. The molecule has 2 aromatic heterocycles. The van der Waals surface area contributed by atoms with Gasteiger partial charge in [0.05, 0.1) is 32.9 Å². The van der Waals surface area contributed by atoms with Gasteiger partial charge >= 0.3 is 6.03 Å². The maximum absolute atomic E-state index is 12.9. The summed E-state index contributed by atoms with van der Waals surface area (Å²) in [5, 5.41) is 15.2. The Kier molecular flexibility index (Phi) is 6.26. The maximum Gasteiger partial charge on any atom is 0.321 e. The number of carbonyl (C=O) groups excluding carboxylic acids is 1. The van der Waals surface area contributed by atoms with E-state index in [0.29, 0.717) is 47.8 Å². The van der Waals surface area contributed by atoms with Crippen molar-refractivity contribution in [1.29, 1.82) is 0 Å². The minimum Gasteiger partial charge on any atom is -0.493 e. The summed E-state index contributed by atoms with van der Waals surface area (Å²) < 4.78 is 21.9. The van der Waals surface area contributed by atoms with Crippen LogP contribution in [0.3, 0.4) is 0 Å². The van der Waals surface area contributed by atoms with Crippen molar-refractivity contribution in [3.63, 3.8) is 0 Å². The summed E-state index contributed by atoms with van der Waals surface area (Å²) in [6.45, 7) is 1.15. The van der Waals surface area contributed by atoms with E-state index in [0.717, 1.165) is 18.4 Å². The van der Waals surface area contributed by atoms with Crippen LogP contribution in [0.25, 0.3) is 11.5 Å². The third-order valence-corrected chi connectivity index (χ3v) is 5.87. The van der Waals surface area contributed by atoms with E-state index in [9.17, 15) is 4.79 Å². The van der Waals surface area contributed by atoms with Crippen LogP contribution in [0.5, 0.6) is 17.2 Å². The lowest BCUT2D eigenvalue weighted by molar-refractivity contribution is 0.187. The van der Waals surface area contributed by atoms with Crippen molar-refractivity contribution in [2.45, 2.75) is 18.8 Å². The number of nitrogens with one attached hydrogen (secondary N) is 1. The van der Waals surface area contributed by atoms with Gasteiger partial charge in [-0.15, -0.1) is 10.2 Å². The van der Waals surface area contributed by atoms with Crippen molar-refractivity contribution in [1.82, 2.24) is 15.1 Å². The molecule has 10 heteroatoms. The molecule has 164 valence electrons. The fraction of sp³-hybridized carbons (Fsp3) is 0.381. The standard InChI is InChI=1S/C21H24N4O5S/c1-27-16-9-15(10-17(28-2)18(16)29-3)22-21(26)25-7-4-5-13(11-25)19-23-24-20(30-19)14-6-8-31-12-14/h6,8-10,12-13H,4-5,7,11H2,1-3H3,(H,22,26). The fourth-order valence-corrected chi connectivity index (χ4v) is 4.25. The number of benzene rings is 1. The summed E-state index contributed by atoms with van der Waals surface area (Å²) >= 11 is 1.58. The van der Waals surface area contributed by atoms with Gasteiger partial charge in [0.2, 0.25) is 17.5 Å². The molecule has 0 saturated carbocycles. The Labute approximate surface area is 183 Å². The van der Waals surface area contributed by atoms with Gasteiger partial charge in [0.25, 0.3) is 0 Å². The van der Waals surface area contributed by atoms with Gasteiger partial charge in [-0.3, -0.25) is 0 Å². The van der Waals surface area contributed by atoms with Gasteiger partial charge < -0.3 is 28.8 Å². The monoisotopic (exact) mass is 444 g/mol. The first-order chi connectivity index (χ1) is 15.1. The van der Waals surface area contributed by atoms with Crippen LogP contribution in [-0.2, 0) is 0 Å². The van der Waals surface area contributed by atoms with Crippen LogP contribution in [0.2, 0.25) is 0 Å². The molecule has 1 N–H and O–H groups in total. The smallest absolute Gasteiger partial charge is 0.321 e. The van der Waals surface area contributed by atoms with E-state index in [1.54, 1.807) is 28.4 Å². The average Bonchev–Trinajstić information content (AvgIpc) is 3.50. The predicted molar refractivity (Wildman–Crippen MR) is 116 cm³/mol. The van der Waals surface area contributed by atoms with Crippen LogP contribution in [0.1, 0.15) is 24.7 Å². The summed E-state index contributed by atoms with van der Waals surface area (Å²) in [4.78, 5) is 14.7. The zero-order valence-corrected chi connectivity index (χ0v) is 18.4. The number of nitrogens with zero attached hydrogens (tertiary/aromatic N) is 3. The molecule has 1 aliphatic rings. The molecule has 3 heterocycles. The Morgan fingerprint density at radius 1 is 1.19 bits per heavy atom. The second-order valence-corrected chi connectivity index (χ2v) is 7.87. The number of thiophene rings is 1. The van der Waals surface area contributed by atoms with Crippen LogP contribution >= 0.6 is 11.3 Å². The number of urea groups is 1. The van der Waals surface area contributed by atoms with Crippen molar-refractivity contribution in [3.05, 3.63) is 34.8 Å². The van der Waals surface area contributed by atoms with Crippen LogP contribution < -0.4 is 19.5 Å². The van der Waals surface area contributed by atoms with Crippen molar-refractivity contribution >= 4 is 23.1 Å². The van der Waals surface area contributed by atoms with Gasteiger partial charge in [0.15, 0.2) is 11.5 Å². The van der Waals surface area contributed by atoms with Crippen molar-refractivity contribution < 1.29 is 23.4 Å². The molecule has 1 saturated heterocycles. The van der Waals surface area contributed by atoms with E-state index < -0.39 is 0 Å². The Bertz CT molecular complexity index is 1010. The lowest BCUT2D eigenvalue weighted by atomic mass is 9.98. The zero-order chi connectivity index (χ0) is 21.8. The van der Waals surface area contributed by atoms with Crippen LogP contribution in [0.15, 0.2) is 33.4 Å². The summed E-state index contributed by atoms with van der Waals surface area (Å²) in [7, 11) is 4.60. The highest BCUT2D eigenvalue weighted by atomic mass is 32.1. The lowest BCUT2D eigenvalue weighted by Crippen LogP contribution is -2.41. The zero-order valence-electron chi connectivity index (χ0n) is 17.6. The molecular weight excluding hydrogens is 420 g/mol. The first kappa shape index (κ1) is 21.0. The number of rotatable bonds is 6. The molecule has 1 fully saturated rings. The average molecular weight is 445 g/mol. The molecule has 1 unspecified atom stereocenters. The van der Waals surface area contributed by atoms with E-state index in [2.05, 4.69) is 15.5 Å². The van der Waals surface area contributed by atoms with Crippen LogP contribution in [-0.4, -0.2) is 55.5 Å². The summed E-state index contributed by atoms with van der Waals surface area (Å²) in [6.07, 6.45) is 1.74. The fourth-order valence-electron chi connectivity index (χ4n) is 3.62. The number of methoxy groups -OCH3 is 3. The molecule has 1 atom stereocenters. The quantitative estimate of drug-likeness (QED) is 0.607. The number of carbonyl (C=O) groups is 1. The second-order valence-electron chi connectivity index (χ2n) is 7.09. The van der Waals surface area contributed by atoms with Gasteiger partial charge in [0.1, 0.15) is 0 Å². The predicted octanol–water partition coefficient (Wildman–Crippen LogP) is 4.24. The third kappa shape index (κ3) is 4.43. The molecule has 1 aromatic carbocycles. The molecule has 0 bridgehead atoms. The second kappa shape index (κ2) is 9.25. The molecule has 3 aromatic rings. The SMILES string of the molecule is COc1cc(NC(=O)N2CCCC(c3nnc(-c4ccsc4)o3)C2)cc(OC)c1OC.